The maximum absolute atomic E-state index is 10.2. The van der Waals surface area contributed by atoms with Gasteiger partial charge in [0.1, 0.15) is 6.26 Å². The van der Waals surface area contributed by atoms with Gasteiger partial charge in [-0.1, -0.05) is 103 Å². The van der Waals surface area contributed by atoms with Crippen molar-refractivity contribution in [3.63, 3.8) is 0 Å². The summed E-state index contributed by atoms with van der Waals surface area (Å²) in [6.07, 6.45) is 25.8. The minimum Gasteiger partial charge on any atom is -0.716 e. The Morgan fingerprint density at radius 1 is 0.731 bits per heavy atom. The molecule has 0 atom stereocenters. The Labute approximate surface area is 184 Å². The third-order valence-electron chi connectivity index (χ3n) is 4.22. The van der Waals surface area contributed by atoms with Crippen molar-refractivity contribution in [1.29, 1.82) is 0 Å². The predicted octanol–water partition coefficient (Wildman–Crippen LogP) is 3.41. The summed E-state index contributed by atoms with van der Waals surface area (Å²) < 4.78 is 34.4. The smallest absolute Gasteiger partial charge is 0.716 e. The van der Waals surface area contributed by atoms with Gasteiger partial charge in [-0.15, -0.1) is 0 Å². The van der Waals surface area contributed by atoms with Crippen molar-refractivity contribution < 1.29 is 46.7 Å². The first-order chi connectivity index (χ1) is 12.1. The number of unbranched alkanes of at least 4 members (excludes halogenated alkanes) is 14. The average Bonchev–Trinajstić information content (AvgIpc) is 2.56. The van der Waals surface area contributed by atoms with Crippen molar-refractivity contribution in [3.8, 4) is 0 Å². The first-order valence-electron chi connectivity index (χ1n) is 10.0. The summed E-state index contributed by atoms with van der Waals surface area (Å²) in [6.45, 7) is 2.26. The van der Waals surface area contributed by atoms with E-state index < -0.39 is 10.4 Å². The zero-order chi connectivity index (χ0) is 18.6. The molecule has 0 unspecified atom stereocenters. The van der Waals surface area contributed by atoms with Gasteiger partial charge in [-0.2, -0.15) is 0 Å². The van der Waals surface area contributed by atoms with Crippen LogP contribution in [-0.2, 0) is 14.6 Å². The van der Waals surface area contributed by atoms with E-state index in [4.69, 9.17) is 0 Å². The van der Waals surface area contributed by atoms with Gasteiger partial charge in [-0.25, -0.2) is 8.42 Å². The standard InChI is InChI=1S/C20H38O4S.Na/c1-2-3-4-5-6-7-8-9-10-11-12-13-14-15-16-17-18-19-20-24-25(21,22)23;/h17-20H,2-16H2,1H3,(H,21,22,23);/q;+1/p-1. The Morgan fingerprint density at radius 2 is 1.15 bits per heavy atom. The van der Waals surface area contributed by atoms with Gasteiger partial charge in [0.05, 0.1) is 0 Å². The fourth-order valence-corrected chi connectivity index (χ4v) is 2.98. The molecule has 0 rings (SSSR count). The van der Waals surface area contributed by atoms with Crippen molar-refractivity contribution >= 4 is 10.4 Å². The van der Waals surface area contributed by atoms with Gasteiger partial charge < -0.3 is 8.74 Å². The molecule has 0 fully saturated rings. The fraction of sp³-hybridized carbons (Fsp3) is 0.800. The van der Waals surface area contributed by atoms with E-state index in [1.807, 2.05) is 6.08 Å². The van der Waals surface area contributed by atoms with E-state index in [2.05, 4.69) is 11.1 Å². The molecule has 26 heavy (non-hydrogen) atoms. The van der Waals surface area contributed by atoms with Gasteiger partial charge in [-0.3, -0.25) is 0 Å². The molecule has 0 amide bonds. The molecule has 0 radical (unpaired) electrons. The monoisotopic (exact) mass is 396 g/mol. The van der Waals surface area contributed by atoms with E-state index in [1.54, 1.807) is 6.08 Å². The zero-order valence-corrected chi connectivity index (χ0v) is 19.8. The van der Waals surface area contributed by atoms with Crippen molar-refractivity contribution in [1.82, 2.24) is 0 Å². The van der Waals surface area contributed by atoms with Gasteiger partial charge >= 0.3 is 29.6 Å². The normalized spacial score (nSPS) is 11.9. The summed E-state index contributed by atoms with van der Waals surface area (Å²) in [5, 5.41) is 0. The third-order valence-corrected chi connectivity index (χ3v) is 4.57. The second-order valence-corrected chi connectivity index (χ2v) is 7.65. The Morgan fingerprint density at radius 3 is 1.58 bits per heavy atom. The minimum atomic E-state index is -4.62. The molecule has 0 aromatic heterocycles. The van der Waals surface area contributed by atoms with Crippen LogP contribution < -0.4 is 29.6 Å². The quantitative estimate of drug-likeness (QED) is 0.0889. The van der Waals surface area contributed by atoms with E-state index in [0.717, 1.165) is 19.1 Å². The van der Waals surface area contributed by atoms with Gasteiger partial charge in [-0.05, 0) is 18.9 Å². The van der Waals surface area contributed by atoms with Crippen LogP contribution in [0.15, 0.2) is 24.5 Å². The van der Waals surface area contributed by atoms with Gasteiger partial charge in [0.15, 0.2) is 0 Å². The Kier molecular flexibility index (Phi) is 23.5. The summed E-state index contributed by atoms with van der Waals surface area (Å²) in [5.41, 5.74) is 0. The van der Waals surface area contributed by atoms with Crippen LogP contribution in [0.2, 0.25) is 0 Å². The molecular weight excluding hydrogens is 359 g/mol. The van der Waals surface area contributed by atoms with Crippen molar-refractivity contribution in [2.45, 2.75) is 103 Å². The molecule has 0 aliphatic heterocycles. The summed E-state index contributed by atoms with van der Waals surface area (Å²) >= 11 is 0. The second-order valence-electron chi connectivity index (χ2n) is 6.65. The summed E-state index contributed by atoms with van der Waals surface area (Å²) in [7, 11) is -4.62. The molecule has 4 nitrogen and oxygen atoms in total. The van der Waals surface area contributed by atoms with Crippen LogP contribution in [-0.4, -0.2) is 13.0 Å². The maximum atomic E-state index is 10.2. The molecule has 0 saturated carbocycles. The molecule has 0 aromatic rings. The summed E-state index contributed by atoms with van der Waals surface area (Å²) in [4.78, 5) is 0. The molecule has 0 aliphatic carbocycles. The first-order valence-corrected chi connectivity index (χ1v) is 11.4. The minimum absolute atomic E-state index is 0. The Balaban J connectivity index is 0. The molecular formula is C20H37NaO4S. The van der Waals surface area contributed by atoms with Gasteiger partial charge in [0.2, 0.25) is 0 Å². The average molecular weight is 397 g/mol. The van der Waals surface area contributed by atoms with Gasteiger partial charge in [0.25, 0.3) is 10.4 Å². The van der Waals surface area contributed by atoms with Crippen LogP contribution in [0, 0.1) is 0 Å². The molecule has 0 saturated heterocycles. The van der Waals surface area contributed by atoms with E-state index >= 15 is 0 Å². The van der Waals surface area contributed by atoms with Crippen LogP contribution >= 0.6 is 0 Å². The largest absolute Gasteiger partial charge is 1.00 e. The van der Waals surface area contributed by atoms with E-state index in [0.29, 0.717) is 0 Å². The van der Waals surface area contributed by atoms with Crippen molar-refractivity contribution in [2.24, 2.45) is 0 Å². The van der Waals surface area contributed by atoms with Crippen LogP contribution in [0.5, 0.6) is 0 Å². The molecule has 6 heteroatoms. The van der Waals surface area contributed by atoms with Crippen LogP contribution in [0.4, 0.5) is 0 Å². The molecule has 0 heterocycles. The SMILES string of the molecule is CCCCCCCCCCCCCCCCC=CC=COS(=O)(=O)[O-].[Na+]. The van der Waals surface area contributed by atoms with Crippen LogP contribution in [0.1, 0.15) is 103 Å². The first kappa shape index (κ1) is 28.4. The Hall–Kier alpha value is 0.190. The summed E-state index contributed by atoms with van der Waals surface area (Å²) in [6, 6.07) is 0. The van der Waals surface area contributed by atoms with E-state index in [-0.39, 0.29) is 29.6 Å². The number of rotatable bonds is 18. The van der Waals surface area contributed by atoms with Crippen molar-refractivity contribution in [3.05, 3.63) is 24.5 Å². The zero-order valence-electron chi connectivity index (χ0n) is 17.0. The third kappa shape index (κ3) is 26.4. The number of allylic oxidation sites excluding steroid dienone is 3. The molecule has 0 aromatic carbocycles. The topological polar surface area (TPSA) is 66.4 Å². The molecule has 0 bridgehead atoms. The molecule has 148 valence electrons. The van der Waals surface area contributed by atoms with Gasteiger partial charge in [0, 0.05) is 0 Å². The molecule has 0 spiro atoms. The second kappa shape index (κ2) is 21.5. The van der Waals surface area contributed by atoms with Crippen LogP contribution in [0.25, 0.3) is 0 Å². The number of hydrogen-bond donors (Lipinski definition) is 0. The number of hydrogen-bond acceptors (Lipinski definition) is 4. The Bertz CT molecular complexity index is 433. The van der Waals surface area contributed by atoms with Crippen LogP contribution in [0.3, 0.4) is 0 Å². The van der Waals surface area contributed by atoms with E-state index in [9.17, 15) is 13.0 Å². The predicted molar refractivity (Wildman–Crippen MR) is 104 cm³/mol. The summed E-state index contributed by atoms with van der Waals surface area (Å²) in [5.74, 6) is 0. The maximum Gasteiger partial charge on any atom is 1.00 e. The van der Waals surface area contributed by atoms with E-state index in [1.165, 1.54) is 89.5 Å². The molecule has 0 N–H and O–H groups in total. The molecule has 0 aliphatic rings. The van der Waals surface area contributed by atoms with Crippen molar-refractivity contribution in [2.75, 3.05) is 0 Å². The fourth-order valence-electron chi connectivity index (χ4n) is 2.78.